The monoisotopic (exact) mass is 475 g/mol. The number of fused-ring (bicyclic) bond motifs is 1. The van der Waals surface area contributed by atoms with Crippen molar-refractivity contribution < 1.29 is 39.5 Å². The largest absolute Gasteiger partial charge is 0.508 e. The number of benzene rings is 3. The molecule has 1 heterocycles. The summed E-state index contributed by atoms with van der Waals surface area (Å²) in [4.78, 5) is 24.1. The van der Waals surface area contributed by atoms with Crippen LogP contribution < -0.4 is 5.32 Å². The van der Waals surface area contributed by atoms with Crippen molar-refractivity contribution in [1.29, 1.82) is 0 Å². The first kappa shape index (κ1) is 23.2. The lowest BCUT2D eigenvalue weighted by atomic mass is 10.1. The van der Waals surface area contributed by atoms with Crippen LogP contribution in [-0.2, 0) is 16.0 Å². The molecule has 1 atom stereocenters. The molecule has 0 bridgehead atoms. The molecular weight excluding hydrogens is 454 g/mol. The molecule has 0 saturated carbocycles. The number of carboxylic acids is 1. The maximum atomic E-state index is 12.4. The molecule has 0 spiro atoms. The van der Waals surface area contributed by atoms with Crippen LogP contribution in [0.5, 0.6) is 23.0 Å². The molecule has 35 heavy (non-hydrogen) atoms. The molecule has 0 saturated heterocycles. The summed E-state index contributed by atoms with van der Waals surface area (Å²) >= 11 is 0. The van der Waals surface area contributed by atoms with Crippen LogP contribution >= 0.6 is 0 Å². The molecule has 4 rings (SSSR count). The van der Waals surface area contributed by atoms with Gasteiger partial charge in [-0.05, 0) is 59.7 Å². The first-order chi connectivity index (χ1) is 16.7. The Morgan fingerprint density at radius 1 is 0.886 bits per heavy atom. The van der Waals surface area contributed by atoms with E-state index >= 15 is 0 Å². The van der Waals surface area contributed by atoms with Crippen LogP contribution in [0.25, 0.3) is 28.4 Å². The summed E-state index contributed by atoms with van der Waals surface area (Å²) in [6, 6.07) is 13.6. The molecule has 3 aromatic carbocycles. The minimum absolute atomic E-state index is 0.0310. The standard InChI is InChI=1S/C26H21NO8/c28-17-6-1-14(2-7-17)11-19(26(33)34)27-24(32)10-5-15-3-9-21(30)25-18(15)13-23(35-25)16-4-8-20(29)22(31)12-16/h1-10,12-13,19,28-31H,11H2,(H,27,32)(H,33,34)/t19-/m0/s1. The predicted molar refractivity (Wildman–Crippen MR) is 127 cm³/mol. The Hall–Kier alpha value is -4.92. The Labute approximate surface area is 198 Å². The lowest BCUT2D eigenvalue weighted by Gasteiger charge is -2.13. The van der Waals surface area contributed by atoms with E-state index < -0.39 is 17.9 Å². The van der Waals surface area contributed by atoms with Crippen molar-refractivity contribution in [2.24, 2.45) is 0 Å². The molecule has 6 N–H and O–H groups in total. The number of aromatic hydroxyl groups is 4. The highest BCUT2D eigenvalue weighted by Gasteiger charge is 2.20. The number of carboxylic acid groups (broad SMARTS) is 1. The molecule has 4 aromatic rings. The van der Waals surface area contributed by atoms with Crippen molar-refractivity contribution in [3.05, 3.63) is 77.9 Å². The number of nitrogens with one attached hydrogen (secondary N) is 1. The fourth-order valence-electron chi connectivity index (χ4n) is 3.55. The Bertz CT molecular complexity index is 1440. The molecule has 0 aliphatic heterocycles. The van der Waals surface area contributed by atoms with Gasteiger partial charge in [0.25, 0.3) is 0 Å². The van der Waals surface area contributed by atoms with E-state index in [0.717, 1.165) is 0 Å². The van der Waals surface area contributed by atoms with Gasteiger partial charge in [0.15, 0.2) is 22.8 Å². The molecule has 1 amide bonds. The van der Waals surface area contributed by atoms with Crippen LogP contribution in [0.2, 0.25) is 0 Å². The van der Waals surface area contributed by atoms with Gasteiger partial charge in [0.05, 0.1) is 0 Å². The van der Waals surface area contributed by atoms with E-state index in [-0.39, 0.29) is 35.0 Å². The number of amides is 1. The van der Waals surface area contributed by atoms with Crippen LogP contribution in [0.15, 0.2) is 71.2 Å². The third-order valence-electron chi connectivity index (χ3n) is 5.36. The highest BCUT2D eigenvalue weighted by molar-refractivity contribution is 5.99. The van der Waals surface area contributed by atoms with E-state index in [1.54, 1.807) is 24.3 Å². The number of hydrogen-bond donors (Lipinski definition) is 6. The van der Waals surface area contributed by atoms with E-state index in [1.807, 2.05) is 0 Å². The fourth-order valence-corrected chi connectivity index (χ4v) is 3.55. The summed E-state index contributed by atoms with van der Waals surface area (Å²) in [5.74, 6) is -2.21. The second-order valence-corrected chi connectivity index (χ2v) is 7.83. The van der Waals surface area contributed by atoms with E-state index in [0.29, 0.717) is 27.8 Å². The van der Waals surface area contributed by atoms with Gasteiger partial charge in [-0.3, -0.25) is 4.79 Å². The molecule has 0 aliphatic carbocycles. The zero-order valence-corrected chi connectivity index (χ0v) is 18.2. The van der Waals surface area contributed by atoms with Crippen molar-refractivity contribution >= 4 is 28.9 Å². The van der Waals surface area contributed by atoms with Gasteiger partial charge >= 0.3 is 5.97 Å². The number of phenolic OH excluding ortho intramolecular Hbond substituents is 4. The normalized spacial score (nSPS) is 12.1. The maximum absolute atomic E-state index is 12.4. The summed E-state index contributed by atoms with van der Waals surface area (Å²) < 4.78 is 5.73. The van der Waals surface area contributed by atoms with Crippen molar-refractivity contribution in [3.63, 3.8) is 0 Å². The van der Waals surface area contributed by atoms with Gasteiger partial charge in [-0.2, -0.15) is 0 Å². The molecule has 178 valence electrons. The number of phenols is 4. The number of carbonyl (C=O) groups excluding carboxylic acids is 1. The van der Waals surface area contributed by atoms with Crippen molar-refractivity contribution in [3.8, 4) is 34.3 Å². The highest BCUT2D eigenvalue weighted by Crippen LogP contribution is 2.37. The van der Waals surface area contributed by atoms with Gasteiger partial charge in [-0.25, -0.2) is 4.79 Å². The lowest BCUT2D eigenvalue weighted by molar-refractivity contribution is -0.141. The number of carbonyl (C=O) groups is 2. The summed E-state index contributed by atoms with van der Waals surface area (Å²) in [5.41, 5.74) is 1.77. The van der Waals surface area contributed by atoms with Crippen LogP contribution in [0.1, 0.15) is 11.1 Å². The van der Waals surface area contributed by atoms with Crippen LogP contribution in [0, 0.1) is 0 Å². The Balaban J connectivity index is 1.56. The number of aliphatic carboxylic acids is 1. The van der Waals surface area contributed by atoms with Gasteiger partial charge < -0.3 is 35.3 Å². The number of rotatable bonds is 7. The minimum Gasteiger partial charge on any atom is -0.508 e. The predicted octanol–water partition coefficient (Wildman–Crippen LogP) is 3.75. The summed E-state index contributed by atoms with van der Waals surface area (Å²) in [6.07, 6.45) is 2.67. The third-order valence-corrected chi connectivity index (χ3v) is 5.36. The molecule has 0 fully saturated rings. The molecule has 0 unspecified atom stereocenters. The van der Waals surface area contributed by atoms with Crippen molar-refractivity contribution in [2.45, 2.75) is 12.5 Å². The molecule has 9 heteroatoms. The smallest absolute Gasteiger partial charge is 0.326 e. The molecule has 0 aliphatic rings. The Morgan fingerprint density at radius 3 is 2.29 bits per heavy atom. The second kappa shape index (κ2) is 9.52. The van der Waals surface area contributed by atoms with Gasteiger partial charge in [-0.1, -0.05) is 18.2 Å². The zero-order chi connectivity index (χ0) is 25.1. The highest BCUT2D eigenvalue weighted by atomic mass is 16.4. The molecule has 9 nitrogen and oxygen atoms in total. The number of furan rings is 1. The maximum Gasteiger partial charge on any atom is 0.326 e. The van der Waals surface area contributed by atoms with Crippen molar-refractivity contribution in [2.75, 3.05) is 0 Å². The SMILES string of the molecule is O=C(C=Cc1ccc(O)c2oc(-c3ccc(O)c(O)c3)cc12)N[C@@H](Cc1ccc(O)cc1)C(=O)O. The fraction of sp³-hybridized carbons (Fsp3) is 0.0769. The third kappa shape index (κ3) is 5.19. The average Bonchev–Trinajstić information content (AvgIpc) is 3.28. The topological polar surface area (TPSA) is 160 Å². The van der Waals surface area contributed by atoms with E-state index in [4.69, 9.17) is 4.42 Å². The van der Waals surface area contributed by atoms with Gasteiger partial charge in [0.1, 0.15) is 17.6 Å². The first-order valence-corrected chi connectivity index (χ1v) is 10.5. The van der Waals surface area contributed by atoms with Gasteiger partial charge in [-0.15, -0.1) is 0 Å². The second-order valence-electron chi connectivity index (χ2n) is 7.83. The summed E-state index contributed by atoms with van der Waals surface area (Å²) in [5, 5.41) is 51.2. The van der Waals surface area contributed by atoms with Crippen LogP contribution in [0.3, 0.4) is 0 Å². The number of hydrogen-bond acceptors (Lipinski definition) is 7. The molecule has 0 radical (unpaired) electrons. The summed E-state index contributed by atoms with van der Waals surface area (Å²) in [6.45, 7) is 0. The van der Waals surface area contributed by atoms with E-state index in [1.165, 1.54) is 48.6 Å². The van der Waals surface area contributed by atoms with Gasteiger partial charge in [0, 0.05) is 23.4 Å². The Morgan fingerprint density at radius 2 is 1.60 bits per heavy atom. The van der Waals surface area contributed by atoms with Crippen molar-refractivity contribution in [1.82, 2.24) is 5.32 Å². The lowest BCUT2D eigenvalue weighted by Crippen LogP contribution is -2.41. The quantitative estimate of drug-likeness (QED) is 0.174. The zero-order valence-electron chi connectivity index (χ0n) is 18.2. The summed E-state index contributed by atoms with van der Waals surface area (Å²) in [7, 11) is 0. The average molecular weight is 475 g/mol. The van der Waals surface area contributed by atoms with E-state index in [9.17, 15) is 35.1 Å². The minimum atomic E-state index is -1.21. The Kier molecular flexibility index (Phi) is 6.32. The first-order valence-electron chi connectivity index (χ1n) is 10.5. The van der Waals surface area contributed by atoms with Gasteiger partial charge in [0.2, 0.25) is 5.91 Å². The molecule has 1 aromatic heterocycles. The molecular formula is C26H21NO8. The van der Waals surface area contributed by atoms with Crippen LogP contribution in [0.4, 0.5) is 0 Å². The van der Waals surface area contributed by atoms with Crippen LogP contribution in [-0.4, -0.2) is 43.5 Å². The van der Waals surface area contributed by atoms with E-state index in [2.05, 4.69) is 5.32 Å².